The number of piperazine rings is 1. The Kier molecular flexibility index (Phi) is 3.36. The summed E-state index contributed by atoms with van der Waals surface area (Å²) in [6.07, 6.45) is 0. The van der Waals surface area contributed by atoms with Crippen LogP contribution in [0.5, 0.6) is 0 Å². The number of hydrogen-bond acceptors (Lipinski definition) is 4. The van der Waals surface area contributed by atoms with E-state index in [9.17, 15) is 9.59 Å². The predicted molar refractivity (Wildman–Crippen MR) is 67.9 cm³/mol. The highest BCUT2D eigenvalue weighted by Crippen LogP contribution is 2.23. The van der Waals surface area contributed by atoms with E-state index in [0.717, 1.165) is 12.1 Å². The maximum absolute atomic E-state index is 11.8. The van der Waals surface area contributed by atoms with Crippen LogP contribution in [0.1, 0.15) is 35.7 Å². The Bertz CT molecular complexity index is 519. The molecule has 6 nitrogen and oxygen atoms in total. The first-order valence-corrected chi connectivity index (χ1v) is 6.18. The van der Waals surface area contributed by atoms with Gasteiger partial charge in [0.1, 0.15) is 5.76 Å². The van der Waals surface area contributed by atoms with Crippen LogP contribution in [0.15, 0.2) is 10.5 Å². The number of furan rings is 1. The maximum Gasteiger partial charge on any atom is 0.371 e. The van der Waals surface area contributed by atoms with Gasteiger partial charge in [-0.3, -0.25) is 9.69 Å². The molecule has 1 saturated heterocycles. The number of carbonyl (C=O) groups is 2. The monoisotopic (exact) mass is 266 g/mol. The van der Waals surface area contributed by atoms with Crippen molar-refractivity contribution in [2.75, 3.05) is 13.1 Å². The third kappa shape index (κ3) is 2.49. The molecule has 19 heavy (non-hydrogen) atoms. The number of hydrogen-bond donors (Lipinski definition) is 2. The average molecular weight is 266 g/mol. The van der Waals surface area contributed by atoms with Crippen molar-refractivity contribution in [1.82, 2.24) is 10.2 Å². The lowest BCUT2D eigenvalue weighted by molar-refractivity contribution is -0.135. The molecule has 1 aliphatic heterocycles. The molecule has 0 radical (unpaired) electrons. The van der Waals surface area contributed by atoms with Crippen molar-refractivity contribution in [1.29, 1.82) is 0 Å². The van der Waals surface area contributed by atoms with Crippen LogP contribution in [0.4, 0.5) is 0 Å². The summed E-state index contributed by atoms with van der Waals surface area (Å²) in [5.74, 6) is -0.575. The number of aryl methyl sites for hydroxylation is 1. The Morgan fingerprint density at radius 1 is 1.58 bits per heavy atom. The van der Waals surface area contributed by atoms with Gasteiger partial charge in [-0.1, -0.05) is 0 Å². The van der Waals surface area contributed by atoms with Gasteiger partial charge in [-0.05, 0) is 26.8 Å². The van der Waals surface area contributed by atoms with Crippen molar-refractivity contribution in [3.05, 3.63) is 23.2 Å². The maximum atomic E-state index is 11.8. The summed E-state index contributed by atoms with van der Waals surface area (Å²) >= 11 is 0. The van der Waals surface area contributed by atoms with Crippen molar-refractivity contribution in [3.63, 3.8) is 0 Å². The van der Waals surface area contributed by atoms with Gasteiger partial charge in [0.15, 0.2) is 0 Å². The zero-order chi connectivity index (χ0) is 14.2. The molecular weight excluding hydrogens is 248 g/mol. The summed E-state index contributed by atoms with van der Waals surface area (Å²) in [7, 11) is 0. The fourth-order valence-electron chi connectivity index (χ4n) is 2.21. The van der Waals surface area contributed by atoms with Gasteiger partial charge in [0, 0.05) is 25.2 Å². The SMILES string of the molecule is Cc1oc(C(=O)O)cc1CN1CCNC(=O)C1(C)C. The fraction of sp³-hybridized carbons (Fsp3) is 0.538. The molecule has 0 atom stereocenters. The summed E-state index contributed by atoms with van der Waals surface area (Å²) in [4.78, 5) is 24.7. The van der Waals surface area contributed by atoms with Crippen LogP contribution in [0.2, 0.25) is 0 Å². The minimum atomic E-state index is -1.08. The highest BCUT2D eigenvalue weighted by atomic mass is 16.4. The molecule has 2 rings (SSSR count). The zero-order valence-electron chi connectivity index (χ0n) is 11.3. The largest absolute Gasteiger partial charge is 0.475 e. The molecule has 104 valence electrons. The minimum Gasteiger partial charge on any atom is -0.475 e. The predicted octanol–water partition coefficient (Wildman–Crippen LogP) is 0.997. The number of amides is 1. The summed E-state index contributed by atoms with van der Waals surface area (Å²) in [5.41, 5.74) is 0.200. The quantitative estimate of drug-likeness (QED) is 0.852. The van der Waals surface area contributed by atoms with E-state index in [1.54, 1.807) is 6.92 Å². The van der Waals surface area contributed by atoms with E-state index in [1.807, 2.05) is 18.7 Å². The number of carbonyl (C=O) groups excluding carboxylic acids is 1. The van der Waals surface area contributed by atoms with E-state index in [1.165, 1.54) is 6.07 Å². The molecule has 0 saturated carbocycles. The Hall–Kier alpha value is -1.82. The second-order valence-electron chi connectivity index (χ2n) is 5.23. The molecule has 0 aromatic carbocycles. The lowest BCUT2D eigenvalue weighted by atomic mass is 9.98. The molecule has 0 unspecified atom stereocenters. The normalized spacial score (nSPS) is 19.2. The zero-order valence-corrected chi connectivity index (χ0v) is 11.3. The van der Waals surface area contributed by atoms with Gasteiger partial charge in [-0.2, -0.15) is 0 Å². The molecular formula is C13H18N2O4. The molecule has 1 aliphatic rings. The van der Waals surface area contributed by atoms with E-state index >= 15 is 0 Å². The van der Waals surface area contributed by atoms with Crippen LogP contribution < -0.4 is 5.32 Å². The van der Waals surface area contributed by atoms with E-state index < -0.39 is 11.5 Å². The molecule has 1 fully saturated rings. The highest BCUT2D eigenvalue weighted by Gasteiger charge is 2.37. The highest BCUT2D eigenvalue weighted by molar-refractivity contribution is 5.86. The van der Waals surface area contributed by atoms with Gasteiger partial charge in [-0.15, -0.1) is 0 Å². The molecule has 0 aliphatic carbocycles. The Morgan fingerprint density at radius 3 is 2.84 bits per heavy atom. The number of nitrogens with one attached hydrogen (secondary N) is 1. The molecule has 2 N–H and O–H groups in total. The van der Waals surface area contributed by atoms with Crippen molar-refractivity contribution >= 4 is 11.9 Å². The van der Waals surface area contributed by atoms with Crippen molar-refractivity contribution in [2.24, 2.45) is 0 Å². The second kappa shape index (κ2) is 4.70. The van der Waals surface area contributed by atoms with Crippen molar-refractivity contribution in [2.45, 2.75) is 32.9 Å². The van der Waals surface area contributed by atoms with E-state index in [4.69, 9.17) is 9.52 Å². The smallest absolute Gasteiger partial charge is 0.371 e. The van der Waals surface area contributed by atoms with E-state index in [2.05, 4.69) is 5.32 Å². The van der Waals surface area contributed by atoms with Gasteiger partial charge in [0.25, 0.3) is 0 Å². The van der Waals surface area contributed by atoms with E-state index in [0.29, 0.717) is 18.8 Å². The minimum absolute atomic E-state index is 0.0154. The van der Waals surface area contributed by atoms with Crippen molar-refractivity contribution < 1.29 is 19.1 Å². The number of aromatic carboxylic acids is 1. The van der Waals surface area contributed by atoms with Crippen LogP contribution in [0, 0.1) is 6.92 Å². The Balaban J connectivity index is 2.21. The van der Waals surface area contributed by atoms with Crippen LogP contribution in [-0.4, -0.2) is 40.5 Å². The van der Waals surface area contributed by atoms with Crippen molar-refractivity contribution in [3.8, 4) is 0 Å². The average Bonchev–Trinajstić information content (AvgIpc) is 2.68. The lowest BCUT2D eigenvalue weighted by Gasteiger charge is -2.41. The second-order valence-corrected chi connectivity index (χ2v) is 5.23. The first-order chi connectivity index (χ1) is 8.82. The van der Waals surface area contributed by atoms with Gasteiger partial charge in [-0.25, -0.2) is 4.79 Å². The number of carboxylic acids is 1. The third-order valence-corrected chi connectivity index (χ3v) is 3.61. The van der Waals surface area contributed by atoms with Gasteiger partial charge < -0.3 is 14.8 Å². The summed E-state index contributed by atoms with van der Waals surface area (Å²) in [6.45, 7) is 7.28. The van der Waals surface area contributed by atoms with Crippen LogP contribution in [-0.2, 0) is 11.3 Å². The van der Waals surface area contributed by atoms with Crippen LogP contribution in [0.3, 0.4) is 0 Å². The Morgan fingerprint density at radius 2 is 2.26 bits per heavy atom. The summed E-state index contributed by atoms with van der Waals surface area (Å²) in [5, 5.41) is 11.7. The first-order valence-electron chi connectivity index (χ1n) is 6.18. The summed E-state index contributed by atoms with van der Waals surface area (Å²) in [6, 6.07) is 1.53. The first kappa shape index (κ1) is 13.6. The molecule has 2 heterocycles. The topological polar surface area (TPSA) is 82.8 Å². The van der Waals surface area contributed by atoms with Gasteiger partial charge >= 0.3 is 5.97 Å². The molecule has 1 aromatic heterocycles. The standard InChI is InChI=1S/C13H18N2O4/c1-8-9(6-10(19-8)11(16)17)7-15-5-4-14-12(18)13(15,2)3/h6H,4-5,7H2,1-3H3,(H,14,18)(H,16,17). The number of rotatable bonds is 3. The third-order valence-electron chi connectivity index (χ3n) is 3.61. The van der Waals surface area contributed by atoms with Gasteiger partial charge in [0.2, 0.25) is 11.7 Å². The van der Waals surface area contributed by atoms with Gasteiger partial charge in [0.05, 0.1) is 5.54 Å². The fourth-order valence-corrected chi connectivity index (χ4v) is 2.21. The van der Waals surface area contributed by atoms with Crippen LogP contribution >= 0.6 is 0 Å². The molecule has 0 spiro atoms. The van der Waals surface area contributed by atoms with Crippen LogP contribution in [0.25, 0.3) is 0 Å². The number of nitrogens with zero attached hydrogens (tertiary/aromatic N) is 1. The van der Waals surface area contributed by atoms with E-state index in [-0.39, 0.29) is 11.7 Å². The molecule has 0 bridgehead atoms. The summed E-state index contributed by atoms with van der Waals surface area (Å²) < 4.78 is 5.19. The lowest BCUT2D eigenvalue weighted by Crippen LogP contribution is -2.61. The molecule has 6 heteroatoms. The molecule has 1 aromatic rings. The Labute approximate surface area is 111 Å². The molecule has 1 amide bonds. The number of carboxylic acid groups (broad SMARTS) is 1.